The van der Waals surface area contributed by atoms with Crippen molar-refractivity contribution in [1.29, 1.82) is 0 Å². The monoisotopic (exact) mass is 473 g/mol. The Labute approximate surface area is 197 Å². The van der Waals surface area contributed by atoms with Gasteiger partial charge in [0.15, 0.2) is 6.61 Å². The Balaban J connectivity index is 1.38. The predicted molar refractivity (Wildman–Crippen MR) is 122 cm³/mol. The molecule has 4 amide bonds. The van der Waals surface area contributed by atoms with Crippen molar-refractivity contribution >= 4 is 29.4 Å². The Morgan fingerprint density at radius 3 is 2.64 bits per heavy atom. The summed E-state index contributed by atoms with van der Waals surface area (Å²) in [6, 6.07) is 10.1. The van der Waals surface area contributed by atoms with Gasteiger partial charge in [-0.25, -0.2) is 4.79 Å². The van der Waals surface area contributed by atoms with Gasteiger partial charge >= 0.3 is 6.03 Å². The second-order valence-electron chi connectivity index (χ2n) is 8.50. The molecular formula is C24H28ClN3O5. The van der Waals surface area contributed by atoms with Crippen LogP contribution in [0.3, 0.4) is 0 Å². The summed E-state index contributed by atoms with van der Waals surface area (Å²) in [6.45, 7) is 3.02. The van der Waals surface area contributed by atoms with E-state index in [0.29, 0.717) is 48.9 Å². The van der Waals surface area contributed by atoms with Crippen molar-refractivity contribution in [3.05, 3.63) is 53.4 Å². The molecule has 33 heavy (non-hydrogen) atoms. The number of imide groups is 1. The lowest BCUT2D eigenvalue weighted by Gasteiger charge is -2.40. The van der Waals surface area contributed by atoms with E-state index >= 15 is 0 Å². The zero-order valence-corrected chi connectivity index (χ0v) is 19.3. The van der Waals surface area contributed by atoms with Crippen molar-refractivity contribution in [3.63, 3.8) is 0 Å². The zero-order chi connectivity index (χ0) is 23.4. The number of ether oxygens (including phenoxy) is 1. The molecule has 4 rings (SSSR count). The summed E-state index contributed by atoms with van der Waals surface area (Å²) in [5, 5.41) is 3.46. The number of carbonyl (C=O) groups is 3. The highest BCUT2D eigenvalue weighted by Gasteiger charge is 2.55. The first kappa shape index (κ1) is 23.2. The Morgan fingerprint density at radius 1 is 1.21 bits per heavy atom. The van der Waals surface area contributed by atoms with E-state index in [-0.39, 0.29) is 30.9 Å². The van der Waals surface area contributed by atoms with Crippen LogP contribution in [-0.2, 0) is 16.1 Å². The number of hydrogen-bond donors (Lipinski definition) is 1. The number of furan rings is 1. The van der Waals surface area contributed by atoms with Gasteiger partial charge in [0.1, 0.15) is 17.0 Å². The average Bonchev–Trinajstić information content (AvgIpc) is 3.42. The summed E-state index contributed by atoms with van der Waals surface area (Å²) < 4.78 is 10.9. The van der Waals surface area contributed by atoms with Crippen LogP contribution in [0.2, 0.25) is 5.02 Å². The molecule has 176 valence electrons. The smallest absolute Gasteiger partial charge is 0.325 e. The summed E-state index contributed by atoms with van der Waals surface area (Å²) in [7, 11) is 0. The molecule has 1 aromatic heterocycles. The molecule has 1 N–H and O–H groups in total. The number of halogens is 1. The summed E-state index contributed by atoms with van der Waals surface area (Å²) in [4.78, 5) is 41.8. The number of hydrogen-bond acceptors (Lipinski definition) is 5. The Kier molecular flexibility index (Phi) is 6.93. The lowest BCUT2D eigenvalue weighted by Crippen LogP contribution is -2.56. The number of piperidine rings is 1. The number of urea groups is 1. The molecule has 2 aliphatic heterocycles. The Bertz CT molecular complexity index is 1000. The van der Waals surface area contributed by atoms with E-state index in [2.05, 4.69) is 5.32 Å². The van der Waals surface area contributed by atoms with Gasteiger partial charge in [0, 0.05) is 13.1 Å². The van der Waals surface area contributed by atoms with Gasteiger partial charge < -0.3 is 19.4 Å². The minimum Gasteiger partial charge on any atom is -0.482 e. The summed E-state index contributed by atoms with van der Waals surface area (Å²) in [5.41, 5.74) is -0.943. The Morgan fingerprint density at radius 2 is 1.97 bits per heavy atom. The van der Waals surface area contributed by atoms with Crippen LogP contribution in [0, 0.1) is 5.92 Å². The van der Waals surface area contributed by atoms with Crippen LogP contribution in [-0.4, -0.2) is 52.9 Å². The molecule has 9 heteroatoms. The van der Waals surface area contributed by atoms with E-state index in [1.807, 2.05) is 6.92 Å². The fourth-order valence-corrected chi connectivity index (χ4v) is 5.00. The van der Waals surface area contributed by atoms with E-state index in [1.165, 1.54) is 11.2 Å². The lowest BCUT2D eigenvalue weighted by molar-refractivity contribution is -0.137. The molecular weight excluding hydrogens is 446 g/mol. The summed E-state index contributed by atoms with van der Waals surface area (Å²) in [6.07, 6.45) is 4.08. The van der Waals surface area contributed by atoms with Gasteiger partial charge in [0.25, 0.3) is 11.8 Å². The van der Waals surface area contributed by atoms with Gasteiger partial charge in [0.2, 0.25) is 0 Å². The normalized spacial score (nSPS) is 21.4. The SMILES string of the molecule is CCCC1(C2CCN(C(=O)COc3ccccc3Cl)CC2)NC(=O)N(Cc2ccco2)C1=O. The van der Waals surface area contributed by atoms with E-state index in [9.17, 15) is 14.4 Å². The molecule has 0 bridgehead atoms. The van der Waals surface area contributed by atoms with Gasteiger partial charge in [-0.15, -0.1) is 0 Å². The van der Waals surface area contributed by atoms with Crippen molar-refractivity contribution in [1.82, 2.24) is 15.1 Å². The molecule has 0 spiro atoms. The van der Waals surface area contributed by atoms with Gasteiger partial charge in [-0.05, 0) is 49.4 Å². The summed E-state index contributed by atoms with van der Waals surface area (Å²) >= 11 is 6.09. The van der Waals surface area contributed by atoms with Crippen LogP contribution in [0.15, 0.2) is 47.1 Å². The predicted octanol–water partition coefficient (Wildman–Crippen LogP) is 3.84. The first-order valence-electron chi connectivity index (χ1n) is 11.3. The molecule has 2 aromatic rings. The number of benzene rings is 1. The maximum Gasteiger partial charge on any atom is 0.325 e. The molecule has 1 atom stereocenters. The number of para-hydroxylation sites is 1. The third-order valence-electron chi connectivity index (χ3n) is 6.47. The largest absolute Gasteiger partial charge is 0.482 e. The fourth-order valence-electron chi connectivity index (χ4n) is 4.81. The van der Waals surface area contributed by atoms with Crippen LogP contribution < -0.4 is 10.1 Å². The van der Waals surface area contributed by atoms with Crippen molar-refractivity contribution in [2.24, 2.45) is 5.92 Å². The van der Waals surface area contributed by atoms with Crippen LogP contribution >= 0.6 is 11.6 Å². The minimum atomic E-state index is -0.943. The standard InChI is InChI=1S/C24H28ClN3O5/c1-2-11-24(22(30)28(23(31)26-24)15-18-6-5-14-32-18)17-9-12-27(13-10-17)21(29)16-33-20-8-4-3-7-19(20)25/h3-8,14,17H,2,9-13,15-16H2,1H3,(H,26,31). The van der Waals surface area contributed by atoms with Crippen LogP contribution in [0.5, 0.6) is 5.75 Å². The molecule has 0 saturated carbocycles. The zero-order valence-electron chi connectivity index (χ0n) is 18.6. The fraction of sp³-hybridized carbons (Fsp3) is 0.458. The maximum atomic E-state index is 13.4. The van der Waals surface area contributed by atoms with E-state index in [4.69, 9.17) is 20.8 Å². The molecule has 1 unspecified atom stereocenters. The lowest BCUT2D eigenvalue weighted by atomic mass is 9.74. The van der Waals surface area contributed by atoms with E-state index in [1.54, 1.807) is 41.3 Å². The number of rotatable bonds is 8. The highest BCUT2D eigenvalue weighted by molar-refractivity contribution is 6.32. The topological polar surface area (TPSA) is 92.1 Å². The van der Waals surface area contributed by atoms with Gasteiger partial charge in [-0.2, -0.15) is 0 Å². The molecule has 1 aromatic carbocycles. The van der Waals surface area contributed by atoms with Gasteiger partial charge in [0.05, 0.1) is 17.8 Å². The number of amides is 4. The van der Waals surface area contributed by atoms with Gasteiger partial charge in [-0.3, -0.25) is 14.5 Å². The summed E-state index contributed by atoms with van der Waals surface area (Å²) in [5.74, 6) is 0.644. The molecule has 8 nitrogen and oxygen atoms in total. The number of nitrogens with one attached hydrogen (secondary N) is 1. The number of nitrogens with zero attached hydrogens (tertiary/aromatic N) is 2. The van der Waals surface area contributed by atoms with Gasteiger partial charge in [-0.1, -0.05) is 37.1 Å². The molecule has 3 heterocycles. The second-order valence-corrected chi connectivity index (χ2v) is 8.90. The third-order valence-corrected chi connectivity index (χ3v) is 6.78. The van der Waals surface area contributed by atoms with Crippen molar-refractivity contribution in [2.75, 3.05) is 19.7 Å². The maximum absolute atomic E-state index is 13.4. The highest BCUT2D eigenvalue weighted by atomic mass is 35.5. The van der Waals surface area contributed by atoms with Crippen LogP contribution in [0.25, 0.3) is 0 Å². The van der Waals surface area contributed by atoms with Crippen LogP contribution in [0.1, 0.15) is 38.4 Å². The number of carbonyl (C=O) groups excluding carboxylic acids is 3. The van der Waals surface area contributed by atoms with Crippen molar-refractivity contribution < 1.29 is 23.5 Å². The van der Waals surface area contributed by atoms with E-state index < -0.39 is 11.6 Å². The first-order chi connectivity index (χ1) is 15.9. The quantitative estimate of drug-likeness (QED) is 0.588. The highest BCUT2D eigenvalue weighted by Crippen LogP contribution is 2.37. The molecule has 2 fully saturated rings. The average molecular weight is 474 g/mol. The first-order valence-corrected chi connectivity index (χ1v) is 11.6. The molecule has 2 aliphatic rings. The third kappa shape index (κ3) is 4.71. The van der Waals surface area contributed by atoms with Crippen molar-refractivity contribution in [3.8, 4) is 5.75 Å². The molecule has 2 saturated heterocycles. The minimum absolute atomic E-state index is 0.0518. The molecule has 0 radical (unpaired) electrons. The van der Waals surface area contributed by atoms with Crippen LogP contribution in [0.4, 0.5) is 4.79 Å². The molecule has 0 aliphatic carbocycles. The second kappa shape index (κ2) is 9.87. The van der Waals surface area contributed by atoms with Crippen molar-refractivity contribution in [2.45, 2.75) is 44.7 Å². The number of likely N-dealkylation sites (tertiary alicyclic amines) is 1. The Hall–Kier alpha value is -3.00. The van der Waals surface area contributed by atoms with E-state index in [0.717, 1.165) is 6.42 Å².